The third-order valence-corrected chi connectivity index (χ3v) is 4.02. The summed E-state index contributed by atoms with van der Waals surface area (Å²) in [7, 11) is 0. The van der Waals surface area contributed by atoms with E-state index in [2.05, 4.69) is 21.8 Å². The lowest BCUT2D eigenvalue weighted by Crippen LogP contribution is -2.24. The molecule has 1 aromatic heterocycles. The maximum absolute atomic E-state index is 13.8. The molecule has 0 saturated carbocycles. The lowest BCUT2D eigenvalue weighted by Gasteiger charge is -2.17. The molecule has 0 spiro atoms. The van der Waals surface area contributed by atoms with Gasteiger partial charge < -0.3 is 5.32 Å². The Labute approximate surface area is 121 Å². The minimum absolute atomic E-state index is 0.0914. The zero-order valence-corrected chi connectivity index (χ0v) is 12.3. The fourth-order valence-electron chi connectivity index (χ4n) is 2.05. The van der Waals surface area contributed by atoms with Gasteiger partial charge in [0.2, 0.25) is 0 Å². The molecule has 3 nitrogen and oxygen atoms in total. The predicted octanol–water partition coefficient (Wildman–Crippen LogP) is 3.41. The normalized spacial score (nSPS) is 12.6. The Morgan fingerprint density at radius 3 is 2.80 bits per heavy atom. The average Bonchev–Trinajstić information content (AvgIpc) is 2.84. The van der Waals surface area contributed by atoms with Crippen LogP contribution in [0.25, 0.3) is 0 Å². The molecule has 0 fully saturated rings. The van der Waals surface area contributed by atoms with Crippen LogP contribution in [0.5, 0.6) is 0 Å². The summed E-state index contributed by atoms with van der Waals surface area (Å²) in [6.07, 6.45) is 1.35. The first kappa shape index (κ1) is 15.0. The Bertz CT molecular complexity index is 571. The molecule has 20 heavy (non-hydrogen) atoms. The van der Waals surface area contributed by atoms with Gasteiger partial charge in [0.25, 0.3) is 0 Å². The van der Waals surface area contributed by atoms with Crippen LogP contribution in [0, 0.1) is 18.6 Å². The molecule has 1 atom stereocenters. The van der Waals surface area contributed by atoms with Gasteiger partial charge in [0, 0.05) is 6.04 Å². The Kier molecular flexibility index (Phi) is 5.14. The first-order chi connectivity index (χ1) is 9.61. The fourth-order valence-corrected chi connectivity index (χ4v) is 2.77. The number of benzene rings is 1. The van der Waals surface area contributed by atoms with Gasteiger partial charge in [-0.05, 0) is 61.6 Å². The summed E-state index contributed by atoms with van der Waals surface area (Å²) in [5, 5.41) is 7.34. The number of hydrogen-bond acceptors (Lipinski definition) is 4. The monoisotopic (exact) mass is 297 g/mol. The van der Waals surface area contributed by atoms with Crippen molar-refractivity contribution >= 4 is 11.5 Å². The molecular formula is C14H17F2N3S. The summed E-state index contributed by atoms with van der Waals surface area (Å²) in [5.41, 5.74) is 1.20. The third-order valence-electron chi connectivity index (χ3n) is 3.08. The summed E-state index contributed by atoms with van der Waals surface area (Å²) in [5.74, 6) is -0.806. The molecule has 0 bridgehead atoms. The smallest absolute Gasteiger partial charge is 0.126 e. The van der Waals surface area contributed by atoms with Crippen LogP contribution in [0.3, 0.4) is 0 Å². The maximum Gasteiger partial charge on any atom is 0.126 e. The molecule has 1 heterocycles. The first-order valence-electron chi connectivity index (χ1n) is 6.58. The Hall–Kier alpha value is -1.40. The molecule has 0 aliphatic rings. The van der Waals surface area contributed by atoms with Gasteiger partial charge in [-0.25, -0.2) is 8.78 Å². The van der Waals surface area contributed by atoms with Gasteiger partial charge in [-0.2, -0.15) is 0 Å². The zero-order chi connectivity index (χ0) is 14.5. The standard InChI is InChI=1S/C14H17F2N3S/c1-3-6-17-13(14-9(2)18-19-20-14)8-10-7-11(15)4-5-12(10)16/h4-5,7,13,17H,3,6,8H2,1-2H3. The second-order valence-electron chi connectivity index (χ2n) is 4.67. The highest BCUT2D eigenvalue weighted by Gasteiger charge is 2.19. The molecule has 108 valence electrons. The van der Waals surface area contributed by atoms with Crippen LogP contribution in [0.1, 0.15) is 35.5 Å². The van der Waals surface area contributed by atoms with Crippen molar-refractivity contribution < 1.29 is 8.78 Å². The van der Waals surface area contributed by atoms with Crippen LogP contribution in [-0.2, 0) is 6.42 Å². The van der Waals surface area contributed by atoms with E-state index in [1.807, 2.05) is 6.92 Å². The Balaban J connectivity index is 2.23. The highest BCUT2D eigenvalue weighted by Crippen LogP contribution is 2.25. The van der Waals surface area contributed by atoms with Crippen LogP contribution in [-0.4, -0.2) is 16.1 Å². The van der Waals surface area contributed by atoms with Gasteiger partial charge in [-0.15, -0.1) is 5.10 Å². The first-order valence-corrected chi connectivity index (χ1v) is 7.35. The van der Waals surface area contributed by atoms with Crippen molar-refractivity contribution in [2.45, 2.75) is 32.7 Å². The second-order valence-corrected chi connectivity index (χ2v) is 5.45. The van der Waals surface area contributed by atoms with E-state index >= 15 is 0 Å². The molecule has 0 radical (unpaired) electrons. The minimum atomic E-state index is -0.421. The quantitative estimate of drug-likeness (QED) is 0.888. The van der Waals surface area contributed by atoms with Crippen LogP contribution in [0.15, 0.2) is 18.2 Å². The van der Waals surface area contributed by atoms with Gasteiger partial charge >= 0.3 is 0 Å². The number of nitrogens with one attached hydrogen (secondary N) is 1. The van der Waals surface area contributed by atoms with E-state index in [1.165, 1.54) is 23.7 Å². The average molecular weight is 297 g/mol. The number of nitrogens with zero attached hydrogens (tertiary/aromatic N) is 2. The number of rotatable bonds is 6. The van der Waals surface area contributed by atoms with Crippen molar-refractivity contribution in [1.29, 1.82) is 0 Å². The van der Waals surface area contributed by atoms with E-state index in [1.54, 1.807) is 0 Å². The summed E-state index contributed by atoms with van der Waals surface area (Å²) >= 11 is 1.30. The highest BCUT2D eigenvalue weighted by atomic mass is 32.1. The summed E-state index contributed by atoms with van der Waals surface area (Å²) in [6.45, 7) is 4.74. The van der Waals surface area contributed by atoms with Crippen LogP contribution >= 0.6 is 11.5 Å². The molecule has 0 amide bonds. The lowest BCUT2D eigenvalue weighted by atomic mass is 10.0. The van der Waals surface area contributed by atoms with E-state index in [0.29, 0.717) is 12.0 Å². The molecular weight excluding hydrogens is 280 g/mol. The molecule has 1 aromatic carbocycles. The van der Waals surface area contributed by atoms with Gasteiger partial charge in [0.05, 0.1) is 10.6 Å². The van der Waals surface area contributed by atoms with Crippen molar-refractivity contribution in [3.8, 4) is 0 Å². The van der Waals surface area contributed by atoms with E-state index in [4.69, 9.17) is 0 Å². The molecule has 1 N–H and O–H groups in total. The molecule has 0 aliphatic heterocycles. The Morgan fingerprint density at radius 2 is 2.15 bits per heavy atom. The summed E-state index contributed by atoms with van der Waals surface area (Å²) in [4.78, 5) is 0.974. The lowest BCUT2D eigenvalue weighted by molar-refractivity contribution is 0.512. The summed E-state index contributed by atoms with van der Waals surface area (Å²) in [6, 6.07) is 3.46. The molecule has 2 rings (SSSR count). The molecule has 0 aliphatic carbocycles. The van der Waals surface area contributed by atoms with Crippen molar-refractivity contribution in [3.63, 3.8) is 0 Å². The minimum Gasteiger partial charge on any atom is -0.309 e. The number of aromatic nitrogens is 2. The van der Waals surface area contributed by atoms with Gasteiger partial charge in [-0.1, -0.05) is 11.4 Å². The number of aryl methyl sites for hydroxylation is 1. The van der Waals surface area contributed by atoms with Gasteiger partial charge in [0.1, 0.15) is 11.6 Å². The fraction of sp³-hybridized carbons (Fsp3) is 0.429. The number of hydrogen-bond donors (Lipinski definition) is 1. The predicted molar refractivity (Wildman–Crippen MR) is 75.7 cm³/mol. The van der Waals surface area contributed by atoms with Crippen molar-refractivity contribution in [2.24, 2.45) is 0 Å². The van der Waals surface area contributed by atoms with E-state index < -0.39 is 5.82 Å². The topological polar surface area (TPSA) is 37.8 Å². The molecule has 2 aromatic rings. The Morgan fingerprint density at radius 1 is 1.35 bits per heavy atom. The SMILES string of the molecule is CCCNC(Cc1cc(F)ccc1F)c1snnc1C. The van der Waals surface area contributed by atoms with Crippen LogP contribution in [0.2, 0.25) is 0 Å². The molecule has 0 saturated heterocycles. The maximum atomic E-state index is 13.8. The second kappa shape index (κ2) is 6.85. The third kappa shape index (κ3) is 3.58. The van der Waals surface area contributed by atoms with Gasteiger partial charge in [-0.3, -0.25) is 0 Å². The number of halogens is 2. The molecule has 6 heteroatoms. The van der Waals surface area contributed by atoms with Crippen molar-refractivity contribution in [3.05, 3.63) is 46.0 Å². The molecule has 1 unspecified atom stereocenters. The van der Waals surface area contributed by atoms with Gasteiger partial charge in [0.15, 0.2) is 0 Å². The summed E-state index contributed by atoms with van der Waals surface area (Å²) < 4.78 is 31.0. The largest absolute Gasteiger partial charge is 0.309 e. The van der Waals surface area contributed by atoms with Crippen molar-refractivity contribution in [1.82, 2.24) is 14.9 Å². The zero-order valence-electron chi connectivity index (χ0n) is 11.5. The van der Waals surface area contributed by atoms with Crippen LogP contribution in [0.4, 0.5) is 8.78 Å². The van der Waals surface area contributed by atoms with Crippen molar-refractivity contribution in [2.75, 3.05) is 6.54 Å². The van der Waals surface area contributed by atoms with E-state index in [-0.39, 0.29) is 11.9 Å². The van der Waals surface area contributed by atoms with E-state index in [0.717, 1.165) is 29.6 Å². The highest BCUT2D eigenvalue weighted by molar-refractivity contribution is 7.05. The van der Waals surface area contributed by atoms with Crippen LogP contribution < -0.4 is 5.32 Å². The van der Waals surface area contributed by atoms with E-state index in [9.17, 15) is 8.78 Å².